The summed E-state index contributed by atoms with van der Waals surface area (Å²) in [4.78, 5) is 2.28. The molecule has 0 spiro atoms. The number of hydrogen-bond acceptors (Lipinski definition) is 4. The van der Waals surface area contributed by atoms with Gasteiger partial charge in [-0.1, -0.05) is 5.16 Å². The van der Waals surface area contributed by atoms with Crippen LogP contribution in [0.25, 0.3) is 0 Å². The number of aryl methyl sites for hydroxylation is 1. The van der Waals surface area contributed by atoms with Crippen LogP contribution < -0.4 is 5.73 Å². The molecule has 4 nitrogen and oxygen atoms in total. The Hall–Kier alpha value is -1.03. The number of hydrogen-bond donors (Lipinski definition) is 1. The van der Waals surface area contributed by atoms with Crippen molar-refractivity contribution < 1.29 is 4.52 Å². The molecule has 0 amide bonds. The minimum absolute atomic E-state index is 0.436. The molecule has 1 atom stereocenters. The summed E-state index contributed by atoms with van der Waals surface area (Å²) in [6.45, 7) is 4.02. The molecule has 1 aromatic heterocycles. The van der Waals surface area contributed by atoms with Crippen LogP contribution in [-0.4, -0.2) is 30.2 Å². The molecule has 1 aliphatic heterocycles. The minimum Gasteiger partial charge on any atom is -0.394 e. The third-order valence-electron chi connectivity index (χ3n) is 2.70. The minimum atomic E-state index is 0.436. The zero-order valence-electron chi connectivity index (χ0n) is 8.08. The first-order valence-electron chi connectivity index (χ1n) is 4.58. The first-order chi connectivity index (χ1) is 6.18. The first-order valence-corrected chi connectivity index (χ1v) is 4.58. The molecule has 1 aliphatic rings. The van der Waals surface area contributed by atoms with Gasteiger partial charge in [0.2, 0.25) is 0 Å². The van der Waals surface area contributed by atoms with Crippen molar-refractivity contribution in [1.29, 1.82) is 0 Å². The normalized spacial score (nSPS) is 24.0. The van der Waals surface area contributed by atoms with Crippen LogP contribution >= 0.6 is 0 Å². The Bertz CT molecular complexity index is 308. The van der Waals surface area contributed by atoms with Gasteiger partial charge in [0.1, 0.15) is 5.69 Å². The molecule has 2 rings (SSSR count). The molecule has 1 aromatic rings. The van der Waals surface area contributed by atoms with Gasteiger partial charge in [-0.2, -0.15) is 0 Å². The average Bonchev–Trinajstić information content (AvgIpc) is 2.62. The lowest BCUT2D eigenvalue weighted by Gasteiger charge is -2.07. The zero-order valence-corrected chi connectivity index (χ0v) is 8.08. The van der Waals surface area contributed by atoms with E-state index in [1.165, 1.54) is 0 Å². The van der Waals surface area contributed by atoms with Crippen LogP contribution in [0.4, 0.5) is 5.69 Å². The van der Waals surface area contributed by atoms with Crippen molar-refractivity contribution in [2.45, 2.75) is 19.3 Å². The highest BCUT2D eigenvalue weighted by Crippen LogP contribution is 2.31. The number of likely N-dealkylation sites (tertiary alicyclic amines) is 1. The van der Waals surface area contributed by atoms with Gasteiger partial charge in [-0.25, -0.2) is 0 Å². The largest absolute Gasteiger partial charge is 0.394 e. The van der Waals surface area contributed by atoms with Crippen molar-refractivity contribution >= 4 is 5.69 Å². The average molecular weight is 181 g/mol. The second-order valence-corrected chi connectivity index (χ2v) is 3.79. The van der Waals surface area contributed by atoms with Crippen LogP contribution in [-0.2, 0) is 0 Å². The van der Waals surface area contributed by atoms with E-state index in [0.717, 1.165) is 36.7 Å². The summed E-state index contributed by atoms with van der Waals surface area (Å²) in [5.41, 5.74) is 7.40. The molecule has 2 N–H and O–H groups in total. The SMILES string of the molecule is Cc1noc(C2CCN(C)C2)c1N. The van der Waals surface area contributed by atoms with Gasteiger partial charge in [-0.15, -0.1) is 0 Å². The van der Waals surface area contributed by atoms with Gasteiger partial charge in [0.05, 0.1) is 5.69 Å². The van der Waals surface area contributed by atoms with Crippen LogP contribution in [0.15, 0.2) is 4.52 Å². The summed E-state index contributed by atoms with van der Waals surface area (Å²) >= 11 is 0. The highest BCUT2D eigenvalue weighted by Gasteiger charge is 2.27. The molecule has 4 heteroatoms. The van der Waals surface area contributed by atoms with Gasteiger partial charge in [0.15, 0.2) is 5.76 Å². The summed E-state index contributed by atoms with van der Waals surface area (Å²) in [7, 11) is 2.11. The Morgan fingerprint density at radius 3 is 2.85 bits per heavy atom. The van der Waals surface area contributed by atoms with Crippen LogP contribution in [0, 0.1) is 6.92 Å². The molecule has 2 heterocycles. The lowest BCUT2D eigenvalue weighted by Crippen LogP contribution is -2.13. The van der Waals surface area contributed by atoms with Crippen LogP contribution in [0.5, 0.6) is 0 Å². The van der Waals surface area contributed by atoms with Gasteiger partial charge >= 0.3 is 0 Å². The fraction of sp³-hybridized carbons (Fsp3) is 0.667. The fourth-order valence-electron chi connectivity index (χ4n) is 1.84. The van der Waals surface area contributed by atoms with Crippen molar-refractivity contribution in [1.82, 2.24) is 10.1 Å². The molecular formula is C9H15N3O. The van der Waals surface area contributed by atoms with Gasteiger partial charge < -0.3 is 15.2 Å². The molecule has 1 fully saturated rings. The molecule has 0 saturated carbocycles. The lowest BCUT2D eigenvalue weighted by molar-refractivity contribution is 0.349. The Kier molecular flexibility index (Phi) is 2.00. The van der Waals surface area contributed by atoms with E-state index in [2.05, 4.69) is 17.1 Å². The highest BCUT2D eigenvalue weighted by molar-refractivity contribution is 5.47. The molecule has 0 radical (unpaired) electrons. The summed E-state index contributed by atoms with van der Waals surface area (Å²) in [6.07, 6.45) is 1.12. The summed E-state index contributed by atoms with van der Waals surface area (Å²) in [6, 6.07) is 0. The summed E-state index contributed by atoms with van der Waals surface area (Å²) in [5, 5.41) is 3.87. The van der Waals surface area contributed by atoms with Crippen molar-refractivity contribution in [2.75, 3.05) is 25.9 Å². The maximum absolute atomic E-state index is 5.85. The van der Waals surface area contributed by atoms with E-state index in [9.17, 15) is 0 Å². The van der Waals surface area contributed by atoms with Crippen LogP contribution in [0.1, 0.15) is 23.8 Å². The number of nitrogen functional groups attached to an aromatic ring is 1. The molecule has 13 heavy (non-hydrogen) atoms. The zero-order chi connectivity index (χ0) is 9.42. The molecule has 0 bridgehead atoms. The van der Waals surface area contributed by atoms with E-state index in [4.69, 9.17) is 10.3 Å². The standard InChI is InChI=1S/C9H15N3O/c1-6-8(10)9(13-11-6)7-3-4-12(2)5-7/h7H,3-5,10H2,1-2H3. The number of rotatable bonds is 1. The van der Waals surface area contributed by atoms with E-state index >= 15 is 0 Å². The number of nitrogens with two attached hydrogens (primary N) is 1. The predicted octanol–water partition coefficient (Wildman–Crippen LogP) is 0.984. The van der Waals surface area contributed by atoms with E-state index in [0.29, 0.717) is 5.92 Å². The van der Waals surface area contributed by atoms with Crippen molar-refractivity contribution in [3.8, 4) is 0 Å². The Morgan fingerprint density at radius 1 is 1.62 bits per heavy atom. The Labute approximate surface area is 77.7 Å². The van der Waals surface area contributed by atoms with E-state index < -0.39 is 0 Å². The number of likely N-dealkylation sites (N-methyl/N-ethyl adjacent to an activating group) is 1. The van der Waals surface area contributed by atoms with Crippen molar-refractivity contribution in [3.63, 3.8) is 0 Å². The second-order valence-electron chi connectivity index (χ2n) is 3.79. The second kappa shape index (κ2) is 3.03. The van der Waals surface area contributed by atoms with Crippen molar-refractivity contribution in [3.05, 3.63) is 11.5 Å². The lowest BCUT2D eigenvalue weighted by atomic mass is 10.0. The van der Waals surface area contributed by atoms with E-state index in [1.807, 2.05) is 6.92 Å². The fourth-order valence-corrected chi connectivity index (χ4v) is 1.84. The number of anilines is 1. The summed E-state index contributed by atoms with van der Waals surface area (Å²) < 4.78 is 5.23. The highest BCUT2D eigenvalue weighted by atomic mass is 16.5. The maximum atomic E-state index is 5.85. The number of nitrogens with zero attached hydrogens (tertiary/aromatic N) is 2. The van der Waals surface area contributed by atoms with E-state index in [1.54, 1.807) is 0 Å². The molecule has 1 unspecified atom stereocenters. The van der Waals surface area contributed by atoms with Crippen LogP contribution in [0.3, 0.4) is 0 Å². The molecular weight excluding hydrogens is 166 g/mol. The molecule has 1 saturated heterocycles. The predicted molar refractivity (Wildman–Crippen MR) is 50.5 cm³/mol. The van der Waals surface area contributed by atoms with E-state index in [-0.39, 0.29) is 0 Å². The van der Waals surface area contributed by atoms with Gasteiger partial charge in [0.25, 0.3) is 0 Å². The molecule has 0 aliphatic carbocycles. The van der Waals surface area contributed by atoms with Gasteiger partial charge in [-0.3, -0.25) is 0 Å². The third kappa shape index (κ3) is 1.42. The summed E-state index contributed by atoms with van der Waals surface area (Å²) in [5.74, 6) is 1.31. The quantitative estimate of drug-likeness (QED) is 0.701. The smallest absolute Gasteiger partial charge is 0.164 e. The first kappa shape index (κ1) is 8.56. The monoisotopic (exact) mass is 181 g/mol. The Balaban J connectivity index is 2.21. The van der Waals surface area contributed by atoms with Gasteiger partial charge in [-0.05, 0) is 26.9 Å². The van der Waals surface area contributed by atoms with Gasteiger partial charge in [0, 0.05) is 12.5 Å². The third-order valence-corrected chi connectivity index (χ3v) is 2.70. The van der Waals surface area contributed by atoms with Crippen molar-refractivity contribution in [2.24, 2.45) is 0 Å². The Morgan fingerprint density at radius 2 is 2.38 bits per heavy atom. The number of aromatic nitrogens is 1. The molecule has 72 valence electrons. The topological polar surface area (TPSA) is 55.3 Å². The maximum Gasteiger partial charge on any atom is 0.164 e. The van der Waals surface area contributed by atoms with Crippen LogP contribution in [0.2, 0.25) is 0 Å². The molecule has 0 aromatic carbocycles.